The summed E-state index contributed by atoms with van der Waals surface area (Å²) in [5, 5.41) is 9.83. The van der Waals surface area contributed by atoms with Crippen LogP contribution in [0.25, 0.3) is 0 Å². The molecule has 1 rings (SSSR count). The van der Waals surface area contributed by atoms with Crippen LogP contribution in [0.2, 0.25) is 5.02 Å². The topological polar surface area (TPSA) is 29.5 Å². The summed E-state index contributed by atoms with van der Waals surface area (Å²) < 4.78 is 18.4. The minimum Gasteiger partial charge on any atom is -0.393 e. The Morgan fingerprint density at radius 2 is 2.18 bits per heavy atom. The fourth-order valence-electron chi connectivity index (χ4n) is 1.51. The molecule has 1 atom stereocenters. The summed E-state index contributed by atoms with van der Waals surface area (Å²) in [5.74, 6) is -0.446. The maximum absolute atomic E-state index is 13.1. The van der Waals surface area contributed by atoms with Crippen LogP contribution in [0.15, 0.2) is 18.2 Å². The molecular weight excluding hydrogens is 243 g/mol. The van der Waals surface area contributed by atoms with Crippen molar-refractivity contribution < 1.29 is 14.2 Å². The first-order valence-electron chi connectivity index (χ1n) is 5.83. The number of rotatable bonds is 7. The van der Waals surface area contributed by atoms with Gasteiger partial charge in [-0.15, -0.1) is 0 Å². The quantitative estimate of drug-likeness (QED) is 0.763. The molecule has 0 aliphatic rings. The Hall–Kier alpha value is -0.640. The molecule has 0 aliphatic heterocycles. The van der Waals surface area contributed by atoms with E-state index >= 15 is 0 Å². The number of aliphatic hydroxyl groups is 1. The lowest BCUT2D eigenvalue weighted by atomic mass is 10.1. The Morgan fingerprint density at radius 3 is 2.82 bits per heavy atom. The van der Waals surface area contributed by atoms with Gasteiger partial charge in [0, 0.05) is 13.2 Å². The molecule has 4 heteroatoms. The zero-order valence-corrected chi connectivity index (χ0v) is 10.7. The standard InChI is InChI=1S/C13H18ClFO2/c1-2-6-17-7-5-11(16)8-10-3-4-12(14)13(15)9-10/h3-4,9,11,16H,2,5-8H2,1H3. The Bertz CT molecular complexity index is 344. The van der Waals surface area contributed by atoms with Crippen LogP contribution in [-0.2, 0) is 11.2 Å². The van der Waals surface area contributed by atoms with E-state index in [1.807, 2.05) is 6.92 Å². The molecule has 96 valence electrons. The molecule has 0 aliphatic carbocycles. The van der Waals surface area contributed by atoms with E-state index in [4.69, 9.17) is 16.3 Å². The lowest BCUT2D eigenvalue weighted by Gasteiger charge is -2.11. The second-order valence-corrected chi connectivity index (χ2v) is 4.41. The second kappa shape index (κ2) is 7.64. The SMILES string of the molecule is CCCOCCC(O)Cc1ccc(Cl)c(F)c1. The number of hydrogen-bond acceptors (Lipinski definition) is 2. The summed E-state index contributed by atoms with van der Waals surface area (Å²) in [5.41, 5.74) is 0.745. The maximum Gasteiger partial charge on any atom is 0.142 e. The molecule has 0 spiro atoms. The average molecular weight is 261 g/mol. The zero-order valence-electron chi connectivity index (χ0n) is 9.96. The fourth-order valence-corrected chi connectivity index (χ4v) is 1.62. The molecule has 1 N–H and O–H groups in total. The van der Waals surface area contributed by atoms with Crippen molar-refractivity contribution in [2.45, 2.75) is 32.3 Å². The van der Waals surface area contributed by atoms with Crippen LogP contribution >= 0.6 is 11.6 Å². The summed E-state index contributed by atoms with van der Waals surface area (Å²) in [6, 6.07) is 4.59. The molecular formula is C13H18ClFO2. The van der Waals surface area contributed by atoms with Crippen molar-refractivity contribution in [1.29, 1.82) is 0 Å². The number of aliphatic hydroxyl groups excluding tert-OH is 1. The smallest absolute Gasteiger partial charge is 0.142 e. The number of halogens is 2. The van der Waals surface area contributed by atoms with Gasteiger partial charge >= 0.3 is 0 Å². The van der Waals surface area contributed by atoms with Crippen molar-refractivity contribution in [2.75, 3.05) is 13.2 Å². The van der Waals surface area contributed by atoms with Gasteiger partial charge in [-0.2, -0.15) is 0 Å². The van der Waals surface area contributed by atoms with E-state index in [0.717, 1.165) is 12.0 Å². The van der Waals surface area contributed by atoms with Crippen LogP contribution in [0.5, 0.6) is 0 Å². The summed E-state index contributed by atoms with van der Waals surface area (Å²) in [6.07, 6.45) is 1.44. The molecule has 0 amide bonds. The number of benzene rings is 1. The predicted molar refractivity (Wildman–Crippen MR) is 66.8 cm³/mol. The van der Waals surface area contributed by atoms with E-state index in [2.05, 4.69) is 0 Å². The molecule has 0 heterocycles. The van der Waals surface area contributed by atoms with Crippen molar-refractivity contribution in [2.24, 2.45) is 0 Å². The van der Waals surface area contributed by atoms with Crippen LogP contribution in [-0.4, -0.2) is 24.4 Å². The second-order valence-electron chi connectivity index (χ2n) is 4.01. The van der Waals surface area contributed by atoms with E-state index in [1.165, 1.54) is 12.1 Å². The summed E-state index contributed by atoms with van der Waals surface area (Å²) in [6.45, 7) is 3.28. The van der Waals surface area contributed by atoms with Gasteiger partial charge in [0.1, 0.15) is 5.82 Å². The van der Waals surface area contributed by atoms with Crippen LogP contribution in [0.3, 0.4) is 0 Å². The molecule has 0 fully saturated rings. The van der Waals surface area contributed by atoms with E-state index < -0.39 is 11.9 Å². The van der Waals surface area contributed by atoms with Gasteiger partial charge in [0.15, 0.2) is 0 Å². The van der Waals surface area contributed by atoms with Gasteiger partial charge in [-0.1, -0.05) is 24.6 Å². The van der Waals surface area contributed by atoms with E-state index in [0.29, 0.717) is 26.1 Å². The zero-order chi connectivity index (χ0) is 12.7. The first-order valence-corrected chi connectivity index (χ1v) is 6.21. The van der Waals surface area contributed by atoms with Crippen LogP contribution in [0.1, 0.15) is 25.3 Å². The van der Waals surface area contributed by atoms with Gasteiger partial charge in [-0.3, -0.25) is 0 Å². The summed E-state index contributed by atoms with van der Waals surface area (Å²) >= 11 is 5.58. The van der Waals surface area contributed by atoms with Crippen molar-refractivity contribution in [1.82, 2.24) is 0 Å². The highest BCUT2D eigenvalue weighted by Gasteiger charge is 2.07. The van der Waals surface area contributed by atoms with Gasteiger partial charge in [0.2, 0.25) is 0 Å². The highest BCUT2D eigenvalue weighted by atomic mass is 35.5. The minimum atomic E-state index is -0.507. The molecule has 1 aromatic carbocycles. The van der Waals surface area contributed by atoms with Crippen molar-refractivity contribution in [3.05, 3.63) is 34.6 Å². The highest BCUT2D eigenvalue weighted by molar-refractivity contribution is 6.30. The van der Waals surface area contributed by atoms with E-state index in [1.54, 1.807) is 6.07 Å². The number of ether oxygens (including phenoxy) is 1. The normalized spacial score (nSPS) is 12.7. The molecule has 0 saturated carbocycles. The third-order valence-electron chi connectivity index (χ3n) is 2.40. The average Bonchev–Trinajstić information content (AvgIpc) is 2.30. The molecule has 17 heavy (non-hydrogen) atoms. The molecule has 1 aromatic rings. The predicted octanol–water partition coefficient (Wildman–Crippen LogP) is 3.20. The Balaban J connectivity index is 2.34. The maximum atomic E-state index is 13.1. The molecule has 0 saturated heterocycles. The van der Waals surface area contributed by atoms with Gasteiger partial charge in [-0.25, -0.2) is 4.39 Å². The Kier molecular flexibility index (Phi) is 6.48. The van der Waals surface area contributed by atoms with Crippen molar-refractivity contribution >= 4 is 11.6 Å². The van der Waals surface area contributed by atoms with Crippen molar-refractivity contribution in [3.8, 4) is 0 Å². The van der Waals surface area contributed by atoms with Crippen molar-refractivity contribution in [3.63, 3.8) is 0 Å². The summed E-state index contributed by atoms with van der Waals surface area (Å²) in [4.78, 5) is 0. The van der Waals surface area contributed by atoms with E-state index in [9.17, 15) is 9.50 Å². The highest BCUT2D eigenvalue weighted by Crippen LogP contribution is 2.17. The first kappa shape index (κ1) is 14.4. The summed E-state index contributed by atoms with van der Waals surface area (Å²) in [7, 11) is 0. The lowest BCUT2D eigenvalue weighted by Crippen LogP contribution is -2.14. The third kappa shape index (κ3) is 5.48. The lowest BCUT2D eigenvalue weighted by molar-refractivity contribution is 0.0824. The third-order valence-corrected chi connectivity index (χ3v) is 2.71. The van der Waals surface area contributed by atoms with Gasteiger partial charge in [0.05, 0.1) is 11.1 Å². The minimum absolute atomic E-state index is 0.106. The van der Waals surface area contributed by atoms with Gasteiger partial charge in [0.25, 0.3) is 0 Å². The van der Waals surface area contributed by atoms with Gasteiger partial charge in [-0.05, 0) is 37.0 Å². The van der Waals surface area contributed by atoms with Crippen LogP contribution in [0.4, 0.5) is 4.39 Å². The molecule has 1 unspecified atom stereocenters. The molecule has 0 bridgehead atoms. The first-order chi connectivity index (χ1) is 8.13. The molecule has 2 nitrogen and oxygen atoms in total. The van der Waals surface area contributed by atoms with E-state index in [-0.39, 0.29) is 5.02 Å². The fraction of sp³-hybridized carbons (Fsp3) is 0.538. The Labute approximate surface area is 106 Å². The largest absolute Gasteiger partial charge is 0.393 e. The van der Waals surface area contributed by atoms with Gasteiger partial charge < -0.3 is 9.84 Å². The monoisotopic (exact) mass is 260 g/mol. The van der Waals surface area contributed by atoms with Crippen LogP contribution in [0, 0.1) is 5.82 Å². The van der Waals surface area contributed by atoms with Crippen LogP contribution < -0.4 is 0 Å². The Morgan fingerprint density at radius 1 is 1.41 bits per heavy atom. The molecule has 0 radical (unpaired) electrons. The number of hydrogen-bond donors (Lipinski definition) is 1. The molecule has 0 aromatic heterocycles.